The van der Waals surface area contributed by atoms with E-state index in [1.807, 2.05) is 0 Å². The van der Waals surface area contributed by atoms with E-state index in [1.54, 1.807) is 17.2 Å². The summed E-state index contributed by atoms with van der Waals surface area (Å²) >= 11 is 3.49. The smallest absolute Gasteiger partial charge is 0.0991 e. The Morgan fingerprint density at radius 3 is 2.35 bits per heavy atom. The first kappa shape index (κ1) is 12.3. The molecule has 0 N–H and O–H groups in total. The van der Waals surface area contributed by atoms with Gasteiger partial charge in [-0.05, 0) is 36.1 Å². The summed E-state index contributed by atoms with van der Waals surface area (Å²) in [6, 6.07) is 6.54. The number of nitrogens with zero attached hydrogens (tertiary/aromatic N) is 3. The Kier molecular flexibility index (Phi) is 3.62. The molecule has 0 bridgehead atoms. The van der Waals surface area contributed by atoms with Crippen LogP contribution in [-0.4, -0.2) is 15.0 Å². The van der Waals surface area contributed by atoms with Gasteiger partial charge in [0.1, 0.15) is 0 Å². The average Bonchev–Trinajstić information content (AvgIpc) is 2.74. The number of hydrogen-bond acceptors (Lipinski definition) is 2. The minimum atomic E-state index is 0.193. The van der Waals surface area contributed by atoms with Crippen molar-refractivity contribution in [2.24, 2.45) is 5.92 Å². The number of hydrogen-bond donors (Lipinski definition) is 0. The molecule has 0 aliphatic rings. The van der Waals surface area contributed by atoms with E-state index in [1.165, 1.54) is 11.1 Å². The molecule has 1 aromatic heterocycles. The predicted octanol–water partition coefficient (Wildman–Crippen LogP) is 3.59. The minimum Gasteiger partial charge on any atom is -0.177 e. The van der Waals surface area contributed by atoms with Gasteiger partial charge in [-0.25, -0.2) is 0 Å². The van der Waals surface area contributed by atoms with Crippen LogP contribution < -0.4 is 0 Å². The minimum absolute atomic E-state index is 0.193. The highest BCUT2D eigenvalue weighted by Gasteiger charge is 2.21. The SMILES string of the molecule is Cc1cc(Br)ccc1[C@H](C(C)C)n1nccn1. The summed E-state index contributed by atoms with van der Waals surface area (Å²) in [5, 5.41) is 8.54. The molecule has 1 heterocycles. The van der Waals surface area contributed by atoms with Crippen molar-refractivity contribution < 1.29 is 0 Å². The van der Waals surface area contributed by atoms with Gasteiger partial charge >= 0.3 is 0 Å². The summed E-state index contributed by atoms with van der Waals surface area (Å²) in [5.41, 5.74) is 2.54. The molecule has 0 aliphatic carbocycles. The second-order valence-electron chi connectivity index (χ2n) is 4.54. The first-order valence-electron chi connectivity index (χ1n) is 5.71. The van der Waals surface area contributed by atoms with E-state index < -0.39 is 0 Å². The monoisotopic (exact) mass is 293 g/mol. The standard InChI is InChI=1S/C13H16BrN3/c1-9(2)13(17-15-6-7-16-17)12-5-4-11(14)8-10(12)3/h4-9,13H,1-3H3/t13-/m0/s1. The summed E-state index contributed by atoms with van der Waals surface area (Å²) < 4.78 is 1.11. The molecule has 0 fully saturated rings. The average molecular weight is 294 g/mol. The summed E-state index contributed by atoms with van der Waals surface area (Å²) in [6.07, 6.45) is 3.45. The highest BCUT2D eigenvalue weighted by atomic mass is 79.9. The molecule has 1 aromatic carbocycles. The van der Waals surface area contributed by atoms with Crippen molar-refractivity contribution in [1.29, 1.82) is 0 Å². The molecule has 0 saturated heterocycles. The zero-order valence-corrected chi connectivity index (χ0v) is 11.8. The van der Waals surface area contributed by atoms with Crippen molar-refractivity contribution >= 4 is 15.9 Å². The van der Waals surface area contributed by atoms with Gasteiger partial charge in [-0.1, -0.05) is 35.8 Å². The van der Waals surface area contributed by atoms with Gasteiger partial charge in [0.25, 0.3) is 0 Å². The van der Waals surface area contributed by atoms with Crippen molar-refractivity contribution in [1.82, 2.24) is 15.0 Å². The van der Waals surface area contributed by atoms with Gasteiger partial charge in [0.2, 0.25) is 0 Å². The van der Waals surface area contributed by atoms with Gasteiger partial charge in [0.15, 0.2) is 0 Å². The lowest BCUT2D eigenvalue weighted by atomic mass is 9.93. The molecule has 0 aliphatic heterocycles. The zero-order chi connectivity index (χ0) is 12.4. The van der Waals surface area contributed by atoms with Gasteiger partial charge < -0.3 is 0 Å². The quantitative estimate of drug-likeness (QED) is 0.866. The van der Waals surface area contributed by atoms with Crippen molar-refractivity contribution in [3.63, 3.8) is 0 Å². The Hall–Kier alpha value is -1.16. The van der Waals surface area contributed by atoms with Gasteiger partial charge in [0.05, 0.1) is 18.4 Å². The van der Waals surface area contributed by atoms with E-state index in [0.29, 0.717) is 5.92 Å². The lowest BCUT2D eigenvalue weighted by Crippen LogP contribution is -2.20. The van der Waals surface area contributed by atoms with Crippen LogP contribution in [0.5, 0.6) is 0 Å². The van der Waals surface area contributed by atoms with Crippen molar-refractivity contribution in [3.8, 4) is 0 Å². The third-order valence-electron chi connectivity index (χ3n) is 2.87. The third kappa shape index (κ3) is 2.57. The topological polar surface area (TPSA) is 30.7 Å². The van der Waals surface area contributed by atoms with Crippen molar-refractivity contribution in [3.05, 3.63) is 46.2 Å². The molecule has 0 spiro atoms. The molecular formula is C13H16BrN3. The van der Waals surface area contributed by atoms with Crippen LogP contribution in [0.1, 0.15) is 31.0 Å². The fourth-order valence-corrected chi connectivity index (χ4v) is 2.57. The van der Waals surface area contributed by atoms with E-state index in [2.05, 4.69) is 65.1 Å². The Balaban J connectivity index is 2.47. The largest absolute Gasteiger partial charge is 0.177 e. The Morgan fingerprint density at radius 1 is 1.18 bits per heavy atom. The van der Waals surface area contributed by atoms with Gasteiger partial charge in [-0.3, -0.25) is 0 Å². The maximum absolute atomic E-state index is 4.27. The van der Waals surface area contributed by atoms with Crippen LogP contribution >= 0.6 is 15.9 Å². The predicted molar refractivity (Wildman–Crippen MR) is 71.9 cm³/mol. The molecule has 4 heteroatoms. The second kappa shape index (κ2) is 5.00. The molecule has 0 saturated carbocycles. The van der Waals surface area contributed by atoms with Crippen LogP contribution in [0.4, 0.5) is 0 Å². The lowest BCUT2D eigenvalue weighted by molar-refractivity contribution is 0.362. The zero-order valence-electron chi connectivity index (χ0n) is 10.3. The van der Waals surface area contributed by atoms with Crippen LogP contribution in [0.15, 0.2) is 35.1 Å². The molecule has 17 heavy (non-hydrogen) atoms. The highest BCUT2D eigenvalue weighted by molar-refractivity contribution is 9.10. The Morgan fingerprint density at radius 2 is 1.82 bits per heavy atom. The summed E-state index contributed by atoms with van der Waals surface area (Å²) in [4.78, 5) is 1.79. The van der Waals surface area contributed by atoms with Crippen molar-refractivity contribution in [2.75, 3.05) is 0 Å². The van der Waals surface area contributed by atoms with Crippen LogP contribution in [0.3, 0.4) is 0 Å². The van der Waals surface area contributed by atoms with Crippen LogP contribution in [0.25, 0.3) is 0 Å². The molecule has 2 aromatic rings. The van der Waals surface area contributed by atoms with E-state index >= 15 is 0 Å². The molecule has 1 atom stereocenters. The Bertz CT molecular complexity index is 491. The Labute approximate surface area is 110 Å². The van der Waals surface area contributed by atoms with E-state index in [4.69, 9.17) is 0 Å². The van der Waals surface area contributed by atoms with Gasteiger partial charge in [-0.2, -0.15) is 15.0 Å². The molecular weight excluding hydrogens is 278 g/mol. The number of halogens is 1. The normalized spacial score (nSPS) is 13.0. The van der Waals surface area contributed by atoms with E-state index in [-0.39, 0.29) is 6.04 Å². The summed E-state index contributed by atoms with van der Waals surface area (Å²) in [6.45, 7) is 6.50. The maximum Gasteiger partial charge on any atom is 0.0991 e. The van der Waals surface area contributed by atoms with Gasteiger partial charge in [0, 0.05) is 4.47 Å². The maximum atomic E-state index is 4.27. The molecule has 0 unspecified atom stereocenters. The fraction of sp³-hybridized carbons (Fsp3) is 0.385. The molecule has 0 amide bonds. The fourth-order valence-electron chi connectivity index (χ4n) is 2.09. The summed E-state index contributed by atoms with van der Waals surface area (Å²) in [5.74, 6) is 0.447. The lowest BCUT2D eigenvalue weighted by Gasteiger charge is -2.22. The molecule has 3 nitrogen and oxygen atoms in total. The number of benzene rings is 1. The van der Waals surface area contributed by atoms with E-state index in [0.717, 1.165) is 4.47 Å². The second-order valence-corrected chi connectivity index (χ2v) is 5.45. The number of rotatable bonds is 3. The van der Waals surface area contributed by atoms with E-state index in [9.17, 15) is 0 Å². The molecule has 2 rings (SSSR count). The first-order chi connectivity index (χ1) is 8.09. The molecule has 90 valence electrons. The molecule has 0 radical (unpaired) electrons. The third-order valence-corrected chi connectivity index (χ3v) is 3.36. The number of aryl methyl sites for hydroxylation is 1. The highest BCUT2D eigenvalue weighted by Crippen LogP contribution is 2.29. The van der Waals surface area contributed by atoms with Gasteiger partial charge in [-0.15, -0.1) is 0 Å². The van der Waals surface area contributed by atoms with Crippen LogP contribution in [0.2, 0.25) is 0 Å². The number of aromatic nitrogens is 3. The van der Waals surface area contributed by atoms with Crippen molar-refractivity contribution in [2.45, 2.75) is 26.8 Å². The van der Waals surface area contributed by atoms with Crippen LogP contribution in [-0.2, 0) is 0 Å². The summed E-state index contributed by atoms with van der Waals surface area (Å²) in [7, 11) is 0. The first-order valence-corrected chi connectivity index (χ1v) is 6.50. The van der Waals surface area contributed by atoms with Crippen LogP contribution in [0, 0.1) is 12.8 Å².